The number of rotatable bonds is 3. The summed E-state index contributed by atoms with van der Waals surface area (Å²) in [7, 11) is 0. The van der Waals surface area contributed by atoms with E-state index in [2.05, 4.69) is 0 Å². The van der Waals surface area contributed by atoms with Crippen LogP contribution in [0.4, 0.5) is 5.69 Å². The molecule has 0 N–H and O–H groups in total. The summed E-state index contributed by atoms with van der Waals surface area (Å²) in [5.74, 6) is -1.27. The molecule has 3 rings (SSSR count). The Balaban J connectivity index is 2.21. The van der Waals surface area contributed by atoms with Crippen LogP contribution < -0.4 is 5.01 Å². The third-order valence-electron chi connectivity index (χ3n) is 3.41. The maximum atomic E-state index is 12.7. The highest BCUT2D eigenvalue weighted by molar-refractivity contribution is 6.50. The molecule has 6 nitrogen and oxygen atoms in total. The number of ketones is 2. The van der Waals surface area contributed by atoms with E-state index in [1.54, 1.807) is 30.3 Å². The van der Waals surface area contributed by atoms with Crippen LogP contribution in [0.15, 0.2) is 65.3 Å². The van der Waals surface area contributed by atoms with Crippen molar-refractivity contribution in [2.75, 3.05) is 5.01 Å². The Morgan fingerprint density at radius 1 is 0.870 bits per heavy atom. The fraction of sp³-hybridized carbons (Fsp3) is 0. The average molecular weight is 329 g/mol. The Hall–Kier alpha value is -2.99. The van der Waals surface area contributed by atoms with Crippen molar-refractivity contribution in [1.29, 1.82) is 0 Å². The Labute approximate surface area is 135 Å². The van der Waals surface area contributed by atoms with Gasteiger partial charge in [0, 0.05) is 11.1 Å². The van der Waals surface area contributed by atoms with Crippen molar-refractivity contribution in [2.45, 2.75) is 0 Å². The van der Waals surface area contributed by atoms with Crippen LogP contribution in [0.2, 0.25) is 0 Å². The van der Waals surface area contributed by atoms with Gasteiger partial charge in [0.05, 0.1) is 0 Å². The second kappa shape index (κ2) is 5.66. The first-order valence-electron chi connectivity index (χ1n) is 6.60. The van der Waals surface area contributed by atoms with E-state index < -0.39 is 27.3 Å². The van der Waals surface area contributed by atoms with E-state index in [9.17, 15) is 19.7 Å². The van der Waals surface area contributed by atoms with Crippen LogP contribution >= 0.6 is 11.6 Å². The molecule has 2 aromatic rings. The molecule has 0 fully saturated rings. The van der Waals surface area contributed by atoms with Crippen LogP contribution in [-0.4, -0.2) is 16.6 Å². The van der Waals surface area contributed by atoms with E-state index in [0.29, 0.717) is 5.01 Å². The van der Waals surface area contributed by atoms with E-state index in [4.69, 9.17) is 11.6 Å². The predicted octanol–water partition coefficient (Wildman–Crippen LogP) is 3.21. The fourth-order valence-electron chi connectivity index (χ4n) is 2.40. The number of carbonyl (C=O) groups excluding carboxylic acids is 2. The highest BCUT2D eigenvalue weighted by Gasteiger charge is 2.39. The quantitative estimate of drug-likeness (QED) is 0.638. The van der Waals surface area contributed by atoms with Crippen LogP contribution in [0.25, 0.3) is 0 Å². The summed E-state index contributed by atoms with van der Waals surface area (Å²) in [5.41, 5.74) is -0.0833. The van der Waals surface area contributed by atoms with Gasteiger partial charge in [-0.1, -0.05) is 59.1 Å². The summed E-state index contributed by atoms with van der Waals surface area (Å²) < 4.78 is 0. The number of para-hydroxylation sites is 1. The number of hydrogen-bond acceptors (Lipinski definition) is 4. The molecule has 114 valence electrons. The highest BCUT2D eigenvalue weighted by atomic mass is 35.5. The fourth-order valence-corrected chi connectivity index (χ4v) is 2.66. The van der Waals surface area contributed by atoms with E-state index in [-0.39, 0.29) is 16.8 Å². The van der Waals surface area contributed by atoms with Crippen LogP contribution in [0, 0.1) is 10.1 Å². The monoisotopic (exact) mass is 328 g/mol. The SMILES string of the molecule is O=C1C(Cl)=C(N(c2ccccc2)[N+](=O)[O-])C(=O)c2ccccc21. The van der Waals surface area contributed by atoms with Crippen molar-refractivity contribution in [3.05, 3.63) is 86.6 Å². The zero-order valence-corrected chi connectivity index (χ0v) is 12.4. The number of fused-ring (bicyclic) bond motifs is 1. The van der Waals surface area contributed by atoms with Crippen LogP contribution in [0.3, 0.4) is 0 Å². The molecule has 1 aliphatic rings. The zero-order chi connectivity index (χ0) is 16.6. The topological polar surface area (TPSA) is 80.5 Å². The summed E-state index contributed by atoms with van der Waals surface area (Å²) in [6.45, 7) is 0. The molecule has 0 atom stereocenters. The smallest absolute Gasteiger partial charge is 0.218 e. The van der Waals surface area contributed by atoms with Crippen LogP contribution in [0.5, 0.6) is 0 Å². The first kappa shape index (κ1) is 14.9. The second-order valence-corrected chi connectivity index (χ2v) is 5.13. The Morgan fingerprint density at radius 2 is 1.39 bits per heavy atom. The summed E-state index contributed by atoms with van der Waals surface area (Å²) in [6, 6.07) is 13.9. The number of benzene rings is 2. The third kappa shape index (κ3) is 2.39. The van der Waals surface area contributed by atoms with Crippen LogP contribution in [-0.2, 0) is 0 Å². The molecule has 0 bridgehead atoms. The van der Waals surface area contributed by atoms with Crippen molar-refractivity contribution in [3.8, 4) is 0 Å². The van der Waals surface area contributed by atoms with Crippen molar-refractivity contribution >= 4 is 28.9 Å². The normalized spacial score (nSPS) is 13.8. The van der Waals surface area contributed by atoms with E-state index in [1.807, 2.05) is 0 Å². The summed E-state index contributed by atoms with van der Waals surface area (Å²) in [6.07, 6.45) is 0. The first-order chi connectivity index (χ1) is 11.0. The van der Waals surface area contributed by atoms with Crippen molar-refractivity contribution < 1.29 is 14.6 Å². The molecule has 1 aliphatic carbocycles. The molecule has 0 spiro atoms. The van der Waals surface area contributed by atoms with Gasteiger partial charge < -0.3 is 0 Å². The minimum Gasteiger partial charge on any atom is -0.287 e. The first-order valence-corrected chi connectivity index (χ1v) is 6.98. The molecule has 0 amide bonds. The van der Waals surface area contributed by atoms with Gasteiger partial charge in [0.2, 0.25) is 11.6 Å². The number of Topliss-reactive ketones (excluding diaryl/α,β-unsaturated/α-hetero) is 2. The minimum absolute atomic E-state index is 0.0969. The molecule has 23 heavy (non-hydrogen) atoms. The number of allylic oxidation sites excluding steroid dienone is 2. The van der Waals surface area contributed by atoms with Gasteiger partial charge >= 0.3 is 0 Å². The summed E-state index contributed by atoms with van der Waals surface area (Å²) in [5, 5.41) is 10.8. The largest absolute Gasteiger partial charge is 0.287 e. The van der Waals surface area contributed by atoms with Gasteiger partial charge in [0.1, 0.15) is 10.7 Å². The van der Waals surface area contributed by atoms with Gasteiger partial charge in [-0.3, -0.25) is 9.59 Å². The van der Waals surface area contributed by atoms with Crippen molar-refractivity contribution in [1.82, 2.24) is 0 Å². The molecule has 0 aliphatic heterocycles. The molecule has 0 unspecified atom stereocenters. The van der Waals surface area contributed by atoms with E-state index in [0.717, 1.165) is 0 Å². The summed E-state index contributed by atoms with van der Waals surface area (Å²) >= 11 is 6.01. The zero-order valence-electron chi connectivity index (χ0n) is 11.6. The Bertz CT molecular complexity index is 861. The van der Waals surface area contributed by atoms with Gasteiger partial charge in [-0.15, -0.1) is 0 Å². The number of nitro groups is 1. The molecule has 0 saturated heterocycles. The average Bonchev–Trinajstić information content (AvgIpc) is 2.57. The number of hydrazine groups is 1. The van der Waals surface area contributed by atoms with E-state index >= 15 is 0 Å². The van der Waals surface area contributed by atoms with Gasteiger partial charge in [-0.25, -0.2) is 10.1 Å². The highest BCUT2D eigenvalue weighted by Crippen LogP contribution is 2.32. The lowest BCUT2D eigenvalue weighted by Crippen LogP contribution is -2.37. The molecule has 0 radical (unpaired) electrons. The minimum atomic E-state index is -0.772. The molecular weight excluding hydrogens is 320 g/mol. The number of nitrogens with zero attached hydrogens (tertiary/aromatic N) is 2. The number of halogens is 1. The van der Waals surface area contributed by atoms with E-state index in [1.165, 1.54) is 24.3 Å². The lowest BCUT2D eigenvalue weighted by molar-refractivity contribution is -0.486. The van der Waals surface area contributed by atoms with Gasteiger partial charge in [-0.2, -0.15) is 0 Å². The Morgan fingerprint density at radius 3 is 1.96 bits per heavy atom. The maximum absolute atomic E-state index is 12.7. The van der Waals surface area contributed by atoms with Gasteiger partial charge in [0.15, 0.2) is 10.7 Å². The lowest BCUT2D eigenvalue weighted by atomic mass is 9.92. The van der Waals surface area contributed by atoms with Gasteiger partial charge in [0.25, 0.3) is 0 Å². The molecular formula is C16H9ClN2O4. The molecule has 0 aromatic heterocycles. The molecule has 0 heterocycles. The van der Waals surface area contributed by atoms with Crippen LogP contribution in [0.1, 0.15) is 20.7 Å². The third-order valence-corrected chi connectivity index (χ3v) is 3.77. The maximum Gasteiger partial charge on any atom is 0.218 e. The Kier molecular flexibility index (Phi) is 3.67. The standard InChI is InChI=1S/C16H9ClN2O4/c17-13-14(18(19(22)23)10-6-2-1-3-7-10)16(21)12-9-5-4-8-11(12)15(13)20/h1-9H. The molecule has 7 heteroatoms. The lowest BCUT2D eigenvalue weighted by Gasteiger charge is -2.22. The summed E-state index contributed by atoms with van der Waals surface area (Å²) in [4.78, 5) is 36.5. The molecule has 0 saturated carbocycles. The number of anilines is 1. The second-order valence-electron chi connectivity index (χ2n) is 4.75. The predicted molar refractivity (Wildman–Crippen MR) is 83.9 cm³/mol. The van der Waals surface area contributed by atoms with Crippen molar-refractivity contribution in [2.24, 2.45) is 0 Å². The molecule has 2 aromatic carbocycles. The number of carbonyl (C=O) groups is 2. The van der Waals surface area contributed by atoms with Crippen molar-refractivity contribution in [3.63, 3.8) is 0 Å². The van der Waals surface area contributed by atoms with Gasteiger partial charge in [-0.05, 0) is 12.1 Å². The number of hydrogen-bond donors (Lipinski definition) is 0.